The van der Waals surface area contributed by atoms with Gasteiger partial charge in [0.1, 0.15) is 0 Å². The van der Waals surface area contributed by atoms with Crippen LogP contribution in [0.25, 0.3) is 11.3 Å². The van der Waals surface area contributed by atoms with Gasteiger partial charge in [-0.25, -0.2) is 0 Å². The Labute approximate surface area is 486 Å². The van der Waals surface area contributed by atoms with Gasteiger partial charge in [-0.2, -0.15) is 5.10 Å². The van der Waals surface area contributed by atoms with Crippen LogP contribution in [-0.2, 0) is 46.7 Å². The summed E-state index contributed by atoms with van der Waals surface area (Å²) in [7, 11) is 0. The molecule has 0 unspecified atom stereocenters. The number of nitrogens with one attached hydrogen (secondary N) is 6. The molecule has 0 atom stereocenters. The van der Waals surface area contributed by atoms with Gasteiger partial charge in [-0.1, -0.05) is 131 Å². The molecule has 80 heavy (non-hydrogen) atoms. The van der Waals surface area contributed by atoms with E-state index in [1.54, 1.807) is 35.7 Å². The maximum atomic E-state index is 12.4. The summed E-state index contributed by atoms with van der Waals surface area (Å²) in [5.41, 5.74) is 21.7. The molecule has 16 heteroatoms. The van der Waals surface area contributed by atoms with Crippen LogP contribution in [0.4, 0.5) is 28.6 Å². The lowest BCUT2D eigenvalue weighted by molar-refractivity contribution is -0.121. The van der Waals surface area contributed by atoms with Gasteiger partial charge in [0.05, 0.1) is 23.6 Å². The van der Waals surface area contributed by atoms with Gasteiger partial charge in [0.25, 0.3) is 0 Å². The smallest absolute Gasteiger partial charge is 0.224 e. The maximum Gasteiger partial charge on any atom is 0.224 e. The lowest BCUT2D eigenvalue weighted by Gasteiger charge is -2.18. The van der Waals surface area contributed by atoms with Crippen molar-refractivity contribution in [1.82, 2.24) is 20.8 Å². The molecule has 7 aromatic rings. The highest BCUT2D eigenvalue weighted by molar-refractivity contribution is 8.21. The Morgan fingerprint density at radius 2 is 1.06 bits per heavy atom. The summed E-state index contributed by atoms with van der Waals surface area (Å²) in [6, 6.07) is 43.1. The molecular formula is C64H78N8O5S3. The Balaban J connectivity index is 0.000000286. The van der Waals surface area contributed by atoms with Crippen molar-refractivity contribution >= 4 is 93.1 Å². The standard InChI is InChI=1S/C20H20N2O2S.C19H18N4O.C12H14OS2.C9H10N2O.4CH4/c1-13-3-5-14(6-4-13)18(23)11-20(25-2)22-17-8-7-15-10-19(24)21-12-16(15)9-17;1-12-2-4-13(5-3-12)17-11-18(23-22-17)20-15-7-8-16-14(10-15)6-9-19(24)21-16;1-9-4-6-10(7-5-9)11(13)8-12(14-2)15-3;10-8-2-1-6-4-9(12)11-5-7(6)3-8;;;;/h3-9,11,22H,10,12H2,1-2H3,(H,21,24);2-5,7-8,10-11H,6,9H2,1H3,(H,21,24)(H2,20,22,23);4-8H,1-3H3;1-3H,4-5,10H2,(H,11,12);4*1H4/b20-11-;;;;;;;. The molecule has 0 bridgehead atoms. The zero-order chi connectivity index (χ0) is 54.1. The van der Waals surface area contributed by atoms with Crippen molar-refractivity contribution in [1.29, 1.82) is 0 Å². The summed E-state index contributed by atoms with van der Waals surface area (Å²) >= 11 is 4.69. The maximum absolute atomic E-state index is 12.4. The first-order valence-corrected chi connectivity index (χ1v) is 28.2. The van der Waals surface area contributed by atoms with E-state index >= 15 is 0 Å². The molecule has 0 aliphatic carbocycles. The Morgan fingerprint density at radius 1 is 0.550 bits per heavy atom. The lowest BCUT2D eigenvalue weighted by atomic mass is 10.00. The predicted octanol–water partition coefficient (Wildman–Crippen LogP) is 14.4. The van der Waals surface area contributed by atoms with Crippen LogP contribution in [0, 0.1) is 20.8 Å². The molecule has 3 amide bonds. The number of hydrogen-bond acceptors (Lipinski definition) is 12. The van der Waals surface area contributed by atoms with E-state index in [2.05, 4.69) is 74.0 Å². The van der Waals surface area contributed by atoms with Gasteiger partial charge in [-0.05, 0) is 122 Å². The van der Waals surface area contributed by atoms with Crippen molar-refractivity contribution in [3.05, 3.63) is 211 Å². The van der Waals surface area contributed by atoms with Crippen LogP contribution in [0.5, 0.6) is 0 Å². The molecule has 3 aliphatic heterocycles. The fourth-order valence-electron chi connectivity index (χ4n) is 8.08. The van der Waals surface area contributed by atoms with Crippen LogP contribution in [0.3, 0.4) is 0 Å². The number of benzene rings is 6. The van der Waals surface area contributed by atoms with E-state index in [0.29, 0.717) is 37.9 Å². The number of thioether (sulfide) groups is 3. The highest BCUT2D eigenvalue weighted by atomic mass is 32.2. The van der Waals surface area contributed by atoms with Crippen LogP contribution in [-0.4, -0.2) is 58.3 Å². The van der Waals surface area contributed by atoms with Crippen molar-refractivity contribution in [2.45, 2.75) is 89.3 Å². The highest BCUT2D eigenvalue weighted by Crippen LogP contribution is 2.29. The molecule has 0 saturated carbocycles. The molecule has 0 spiro atoms. The topological polar surface area (TPSA) is 200 Å². The first kappa shape index (κ1) is 66.5. The largest absolute Gasteiger partial charge is 0.399 e. The number of fused-ring (bicyclic) bond motifs is 3. The van der Waals surface area contributed by atoms with E-state index in [9.17, 15) is 24.0 Å². The van der Waals surface area contributed by atoms with Crippen LogP contribution < -0.4 is 32.3 Å². The minimum absolute atomic E-state index is 0. The molecule has 0 radical (unpaired) electrons. The number of allylic oxidation sites excluding steroid dienone is 2. The second-order valence-corrected chi connectivity index (χ2v) is 21.0. The molecule has 3 aliphatic rings. The molecule has 1 aromatic heterocycles. The molecule has 422 valence electrons. The van der Waals surface area contributed by atoms with Crippen molar-refractivity contribution in [3.63, 3.8) is 0 Å². The van der Waals surface area contributed by atoms with Crippen molar-refractivity contribution < 1.29 is 24.0 Å². The van der Waals surface area contributed by atoms with Gasteiger partial charge in [0.2, 0.25) is 17.7 Å². The summed E-state index contributed by atoms with van der Waals surface area (Å²) in [6.45, 7) is 7.24. The molecule has 0 saturated heterocycles. The lowest BCUT2D eigenvalue weighted by Crippen LogP contribution is -2.30. The van der Waals surface area contributed by atoms with Crippen LogP contribution in [0.15, 0.2) is 155 Å². The number of hydrogen-bond donors (Lipinski definition) is 7. The number of nitrogens with zero attached hydrogens (tertiary/aromatic N) is 1. The van der Waals surface area contributed by atoms with Gasteiger partial charge in [-0.3, -0.25) is 29.1 Å². The number of H-pyrrole nitrogens is 1. The summed E-state index contributed by atoms with van der Waals surface area (Å²) in [4.78, 5) is 58.0. The SMILES string of the molecule is C.C.C.C.CS/C(=C\C(=O)c1ccc(C)cc1)Nc1ccc2c(c1)CNC(=O)C2.CSC(=CC(=O)c1ccc(C)cc1)SC.Cc1ccc(-c2cc(Nc3ccc4c(c3)CCC(=O)N4)n[nH]2)cc1.Nc1ccc2c(c1)CNC(=O)C2. The zero-order valence-corrected chi connectivity index (χ0v) is 45.8. The minimum Gasteiger partial charge on any atom is -0.399 e. The minimum atomic E-state index is -0.0259. The second-order valence-electron chi connectivity index (χ2n) is 18.2. The molecule has 6 aromatic carbocycles. The third kappa shape index (κ3) is 19.5. The fraction of sp³-hybridized carbons (Fsp3) is 0.250. The van der Waals surface area contributed by atoms with E-state index in [-0.39, 0.29) is 59.0 Å². The number of carbonyl (C=O) groups excluding carboxylic acids is 5. The third-order valence-corrected chi connectivity index (χ3v) is 15.1. The first-order valence-electron chi connectivity index (χ1n) is 24.5. The van der Waals surface area contributed by atoms with E-state index < -0.39 is 0 Å². The van der Waals surface area contributed by atoms with E-state index in [1.165, 1.54) is 22.9 Å². The van der Waals surface area contributed by atoms with E-state index in [1.807, 2.05) is 136 Å². The third-order valence-electron chi connectivity index (χ3n) is 12.4. The average Bonchev–Trinajstić information content (AvgIpc) is 3.89. The average molecular weight is 1140 g/mol. The van der Waals surface area contributed by atoms with Crippen molar-refractivity contribution in [3.8, 4) is 11.3 Å². The Hall–Kier alpha value is -7.79. The number of aromatic nitrogens is 2. The molecular weight excluding hydrogens is 1060 g/mol. The first-order chi connectivity index (χ1) is 36.6. The van der Waals surface area contributed by atoms with Gasteiger partial charge >= 0.3 is 0 Å². The summed E-state index contributed by atoms with van der Waals surface area (Å²) in [6.07, 6.45) is 11.4. The Bertz CT molecular complexity index is 3270. The van der Waals surface area contributed by atoms with Gasteiger partial charge < -0.3 is 32.3 Å². The summed E-state index contributed by atoms with van der Waals surface area (Å²) < 4.78 is 1.04. The molecule has 8 N–H and O–H groups in total. The zero-order valence-electron chi connectivity index (χ0n) is 43.4. The van der Waals surface area contributed by atoms with Gasteiger partial charge in [-0.15, -0.1) is 35.3 Å². The van der Waals surface area contributed by atoms with Crippen LogP contribution in [0.2, 0.25) is 0 Å². The van der Waals surface area contributed by atoms with Gasteiger partial charge in [0.15, 0.2) is 17.4 Å². The summed E-state index contributed by atoms with van der Waals surface area (Å²) in [5.74, 6) is 1.05. The van der Waals surface area contributed by atoms with Crippen molar-refractivity contribution in [2.24, 2.45) is 0 Å². The van der Waals surface area contributed by atoms with Crippen LogP contribution in [0.1, 0.15) is 101 Å². The van der Waals surface area contributed by atoms with Crippen molar-refractivity contribution in [2.75, 3.05) is 40.5 Å². The monoisotopic (exact) mass is 1130 g/mol. The normalized spacial score (nSPS) is 12.4. The number of aryl methyl sites for hydroxylation is 4. The number of amides is 3. The number of nitrogens with two attached hydrogens (primary N) is 1. The quantitative estimate of drug-likeness (QED) is 0.0347. The number of anilines is 5. The fourth-order valence-corrected chi connectivity index (χ4v) is 9.64. The molecule has 13 nitrogen and oxygen atoms in total. The van der Waals surface area contributed by atoms with Crippen LogP contribution >= 0.6 is 35.3 Å². The number of ketones is 2. The predicted molar refractivity (Wildman–Crippen MR) is 342 cm³/mol. The molecule has 0 fully saturated rings. The Morgan fingerprint density at radius 3 is 1.62 bits per heavy atom. The highest BCUT2D eigenvalue weighted by Gasteiger charge is 2.18. The molecule has 10 rings (SSSR count). The molecule has 4 heterocycles. The summed E-state index contributed by atoms with van der Waals surface area (Å²) in [5, 5.41) is 23.3. The van der Waals surface area contributed by atoms with E-state index in [0.717, 1.165) is 94.5 Å². The number of nitrogen functional groups attached to an aromatic ring is 1. The van der Waals surface area contributed by atoms with Gasteiger partial charge in [0, 0.05) is 75.8 Å². The number of carbonyl (C=O) groups is 5. The Kier molecular flexibility index (Phi) is 26.9. The number of rotatable bonds is 12. The second kappa shape index (κ2) is 32.3. The number of aromatic amines is 1. The van der Waals surface area contributed by atoms with E-state index in [4.69, 9.17) is 5.73 Å².